The van der Waals surface area contributed by atoms with E-state index in [-0.39, 0.29) is 0 Å². The van der Waals surface area contributed by atoms with Crippen LogP contribution >= 0.6 is 7.14 Å². The lowest BCUT2D eigenvalue weighted by Crippen LogP contribution is -2.29. The Kier molecular flexibility index (Phi) is 5.89. The summed E-state index contributed by atoms with van der Waals surface area (Å²) < 4.78 is 15.5. The van der Waals surface area contributed by atoms with Crippen molar-refractivity contribution in [2.45, 2.75) is 18.3 Å². The molecule has 0 fully saturated rings. The monoisotopic (exact) mass is 594 g/mol. The molecule has 1 aliphatic heterocycles. The van der Waals surface area contributed by atoms with Gasteiger partial charge in [-0.05, 0) is 86.7 Å². The lowest BCUT2D eigenvalue weighted by Gasteiger charge is -2.34. The van der Waals surface area contributed by atoms with Gasteiger partial charge in [0.2, 0.25) is 0 Å². The summed E-state index contributed by atoms with van der Waals surface area (Å²) in [6, 6.07) is 54.4. The molecule has 0 amide bonds. The van der Waals surface area contributed by atoms with Crippen LogP contribution in [0.4, 0.5) is 0 Å². The third-order valence-electron chi connectivity index (χ3n) is 10.0. The van der Waals surface area contributed by atoms with Gasteiger partial charge in [-0.3, -0.25) is 0 Å². The zero-order valence-electron chi connectivity index (χ0n) is 24.9. The number of fused-ring (bicyclic) bond motifs is 5. The van der Waals surface area contributed by atoms with Crippen LogP contribution in [0.25, 0.3) is 27.8 Å². The Labute approximate surface area is 264 Å². The molecular formula is C43H31OP. The number of benzene rings is 6. The molecule has 1 atom stereocenters. The predicted molar refractivity (Wildman–Crippen MR) is 188 cm³/mol. The Morgan fingerprint density at radius 2 is 1.13 bits per heavy atom. The molecule has 1 nitrogen and oxygen atoms in total. The summed E-state index contributed by atoms with van der Waals surface area (Å²) in [5.41, 5.74) is 11.7. The van der Waals surface area contributed by atoms with Gasteiger partial charge in [-0.1, -0.05) is 146 Å². The van der Waals surface area contributed by atoms with Crippen molar-refractivity contribution in [3.63, 3.8) is 0 Å². The summed E-state index contributed by atoms with van der Waals surface area (Å²) in [6.07, 6.45) is 6.22. The van der Waals surface area contributed by atoms with Gasteiger partial charge in [-0.2, -0.15) is 0 Å². The maximum atomic E-state index is 15.5. The minimum absolute atomic E-state index is 0.530. The molecule has 1 unspecified atom stereocenters. The fourth-order valence-corrected chi connectivity index (χ4v) is 11.3. The number of rotatable bonds is 4. The van der Waals surface area contributed by atoms with Gasteiger partial charge in [0.15, 0.2) is 7.14 Å². The molecule has 0 aromatic heterocycles. The topological polar surface area (TPSA) is 17.1 Å². The Hall–Kier alpha value is -4.97. The second kappa shape index (κ2) is 10.0. The smallest absolute Gasteiger partial charge is 0.171 e. The summed E-state index contributed by atoms with van der Waals surface area (Å²) in [5.74, 6) is 0. The van der Waals surface area contributed by atoms with Crippen LogP contribution in [0, 0.1) is 0 Å². The third kappa shape index (κ3) is 3.65. The highest BCUT2D eigenvalue weighted by Gasteiger charge is 2.49. The van der Waals surface area contributed by atoms with Gasteiger partial charge < -0.3 is 4.57 Å². The van der Waals surface area contributed by atoms with Crippen molar-refractivity contribution in [1.29, 1.82) is 0 Å². The molecule has 1 heterocycles. The van der Waals surface area contributed by atoms with Crippen LogP contribution in [0.15, 0.2) is 169 Å². The van der Waals surface area contributed by atoms with Crippen molar-refractivity contribution in [2.75, 3.05) is 0 Å². The molecule has 0 N–H and O–H groups in total. The van der Waals surface area contributed by atoms with E-state index in [0.717, 1.165) is 34.3 Å². The highest BCUT2D eigenvalue weighted by molar-refractivity contribution is 7.83. The predicted octanol–water partition coefficient (Wildman–Crippen LogP) is 10.1. The second-order valence-electron chi connectivity index (χ2n) is 12.3. The minimum Gasteiger partial charge on any atom is -0.309 e. The summed E-state index contributed by atoms with van der Waals surface area (Å²) in [5, 5.41) is 2.92. The van der Waals surface area contributed by atoms with Crippen molar-refractivity contribution in [1.82, 2.24) is 0 Å². The molecule has 2 aliphatic carbocycles. The second-order valence-corrected chi connectivity index (χ2v) is 15.0. The minimum atomic E-state index is -3.04. The first-order chi connectivity index (χ1) is 22.2. The van der Waals surface area contributed by atoms with E-state index in [0.29, 0.717) is 0 Å². The number of allylic oxidation sites excluding steroid dienone is 4. The lowest BCUT2D eigenvalue weighted by molar-refractivity contribution is 0.591. The van der Waals surface area contributed by atoms with Crippen LogP contribution in [-0.4, -0.2) is 0 Å². The molecule has 0 saturated heterocycles. The van der Waals surface area contributed by atoms with Gasteiger partial charge in [0.05, 0.1) is 5.41 Å². The molecule has 9 rings (SSSR count). The van der Waals surface area contributed by atoms with E-state index in [1.807, 2.05) is 18.2 Å². The quantitative estimate of drug-likeness (QED) is 0.185. The van der Waals surface area contributed by atoms with Gasteiger partial charge >= 0.3 is 0 Å². The van der Waals surface area contributed by atoms with Crippen LogP contribution in [0.2, 0.25) is 0 Å². The van der Waals surface area contributed by atoms with Gasteiger partial charge in [-0.15, -0.1) is 0 Å². The van der Waals surface area contributed by atoms with E-state index >= 15 is 4.57 Å². The molecule has 6 aromatic carbocycles. The average Bonchev–Trinajstić information content (AvgIpc) is 3.55. The Morgan fingerprint density at radius 3 is 1.80 bits per heavy atom. The van der Waals surface area contributed by atoms with E-state index < -0.39 is 12.6 Å². The first-order valence-electron chi connectivity index (χ1n) is 15.8. The molecule has 3 aliphatic rings. The SMILES string of the molecule is O=P1(c2ccccc2)C2=C(CCC=C2)c2cc3c(cc21)-c1ccc(-c2ccccc2)cc1C3(c1ccccc1)c1ccccc1. The highest BCUT2D eigenvalue weighted by Crippen LogP contribution is 2.65. The van der Waals surface area contributed by atoms with Crippen LogP contribution < -0.4 is 10.6 Å². The molecule has 0 spiro atoms. The zero-order valence-corrected chi connectivity index (χ0v) is 25.8. The number of hydrogen-bond donors (Lipinski definition) is 0. The highest BCUT2D eigenvalue weighted by atomic mass is 31.2. The summed E-state index contributed by atoms with van der Waals surface area (Å²) >= 11 is 0. The molecule has 214 valence electrons. The average molecular weight is 595 g/mol. The van der Waals surface area contributed by atoms with Crippen molar-refractivity contribution in [3.05, 3.63) is 197 Å². The fraction of sp³-hybridized carbons (Fsp3) is 0.0698. The first kappa shape index (κ1) is 26.4. The molecule has 0 bridgehead atoms. The fourth-order valence-electron chi connectivity index (χ4n) is 8.10. The molecule has 2 heteroatoms. The first-order valence-corrected chi connectivity index (χ1v) is 17.5. The van der Waals surface area contributed by atoms with Crippen LogP contribution in [0.1, 0.15) is 40.7 Å². The van der Waals surface area contributed by atoms with Crippen molar-refractivity contribution < 1.29 is 4.57 Å². The van der Waals surface area contributed by atoms with E-state index in [1.54, 1.807) is 0 Å². The molecule has 6 aromatic rings. The van der Waals surface area contributed by atoms with E-state index in [9.17, 15) is 0 Å². The standard InChI is InChI=1S/C43H31OP/c44-45(34-21-11-4-12-22-34)41-24-14-13-23-36(41)38-28-40-37(29-42(38)45)35-26-25-31(30-15-5-1-6-16-30)27-39(35)43(40,32-17-7-2-8-18-32)33-19-9-3-10-20-33/h1-12,14-22,24-29H,13,23H2. The summed E-state index contributed by atoms with van der Waals surface area (Å²) in [4.78, 5) is 0. The van der Waals surface area contributed by atoms with Crippen LogP contribution in [0.5, 0.6) is 0 Å². The van der Waals surface area contributed by atoms with Crippen molar-refractivity contribution >= 4 is 23.3 Å². The largest absolute Gasteiger partial charge is 0.309 e. The third-order valence-corrected chi connectivity index (χ3v) is 13.2. The van der Waals surface area contributed by atoms with Crippen molar-refractivity contribution in [3.8, 4) is 22.3 Å². The Bertz CT molecular complexity index is 2170. The van der Waals surface area contributed by atoms with E-state index in [2.05, 4.69) is 146 Å². The lowest BCUT2D eigenvalue weighted by atomic mass is 9.67. The van der Waals surface area contributed by atoms with Crippen LogP contribution in [0.3, 0.4) is 0 Å². The Morgan fingerprint density at radius 1 is 0.533 bits per heavy atom. The molecule has 0 radical (unpaired) electrons. The Balaban J connectivity index is 1.41. The maximum absolute atomic E-state index is 15.5. The maximum Gasteiger partial charge on any atom is 0.171 e. The van der Waals surface area contributed by atoms with Gasteiger partial charge in [0.1, 0.15) is 0 Å². The van der Waals surface area contributed by atoms with Crippen molar-refractivity contribution in [2.24, 2.45) is 0 Å². The summed E-state index contributed by atoms with van der Waals surface area (Å²) in [6.45, 7) is 0. The van der Waals surface area contributed by atoms with Crippen LogP contribution in [-0.2, 0) is 9.98 Å². The van der Waals surface area contributed by atoms with E-state index in [4.69, 9.17) is 0 Å². The molecular weight excluding hydrogens is 563 g/mol. The van der Waals surface area contributed by atoms with E-state index in [1.165, 1.54) is 50.1 Å². The number of hydrogen-bond acceptors (Lipinski definition) is 1. The van der Waals surface area contributed by atoms with Gasteiger partial charge in [-0.25, -0.2) is 0 Å². The van der Waals surface area contributed by atoms with Gasteiger partial charge in [0, 0.05) is 15.9 Å². The normalized spacial score (nSPS) is 18.7. The van der Waals surface area contributed by atoms with Gasteiger partial charge in [0.25, 0.3) is 0 Å². The molecule has 45 heavy (non-hydrogen) atoms. The summed E-state index contributed by atoms with van der Waals surface area (Å²) in [7, 11) is -3.04. The zero-order chi connectivity index (χ0) is 30.0. The molecule has 0 saturated carbocycles.